The molecule has 92 valence electrons. The van der Waals surface area contributed by atoms with Gasteiger partial charge in [-0.3, -0.25) is 0 Å². The second-order valence-electron chi connectivity index (χ2n) is 4.88. The predicted octanol–water partition coefficient (Wildman–Crippen LogP) is 4.05. The van der Waals surface area contributed by atoms with Crippen molar-refractivity contribution in [2.45, 2.75) is 32.7 Å². The summed E-state index contributed by atoms with van der Waals surface area (Å²) in [6, 6.07) is 6.92. The Bertz CT molecular complexity index is 528. The van der Waals surface area contributed by atoms with Crippen molar-refractivity contribution in [2.24, 2.45) is 5.73 Å². The van der Waals surface area contributed by atoms with Gasteiger partial charge in [-0.05, 0) is 44.0 Å². The zero-order chi connectivity index (χ0) is 12.6. The zero-order valence-corrected chi connectivity index (χ0v) is 12.2. The molecule has 1 aromatic heterocycles. The molecule has 0 radical (unpaired) electrons. The van der Waals surface area contributed by atoms with Crippen LogP contribution in [-0.4, -0.2) is 11.1 Å². The van der Waals surface area contributed by atoms with Crippen molar-refractivity contribution in [3.05, 3.63) is 34.4 Å². The lowest BCUT2D eigenvalue weighted by atomic mass is 10.0. The summed E-state index contributed by atoms with van der Waals surface area (Å²) in [5.41, 5.74) is 8.42. The van der Waals surface area contributed by atoms with Crippen LogP contribution < -0.4 is 5.73 Å². The van der Waals surface area contributed by atoms with Crippen LogP contribution in [0.3, 0.4) is 0 Å². The third-order valence-electron chi connectivity index (χ3n) is 3.27. The molecule has 0 bridgehead atoms. The van der Waals surface area contributed by atoms with Crippen molar-refractivity contribution < 1.29 is 0 Å². The van der Waals surface area contributed by atoms with Crippen LogP contribution in [0.1, 0.15) is 38.3 Å². The molecule has 0 saturated carbocycles. The summed E-state index contributed by atoms with van der Waals surface area (Å²) >= 11 is 3.54. The summed E-state index contributed by atoms with van der Waals surface area (Å²) in [7, 11) is 0. The molecule has 2 nitrogen and oxygen atoms in total. The topological polar surface area (TPSA) is 30.9 Å². The van der Waals surface area contributed by atoms with E-state index in [2.05, 4.69) is 65.7 Å². The van der Waals surface area contributed by atoms with Crippen LogP contribution in [0.15, 0.2) is 28.9 Å². The molecule has 2 rings (SSSR count). The Hall–Kier alpha value is -0.800. The van der Waals surface area contributed by atoms with Gasteiger partial charge in [-0.15, -0.1) is 0 Å². The van der Waals surface area contributed by atoms with Gasteiger partial charge in [0.25, 0.3) is 0 Å². The Morgan fingerprint density at radius 1 is 1.29 bits per heavy atom. The van der Waals surface area contributed by atoms with E-state index in [9.17, 15) is 0 Å². The minimum atomic E-state index is 0.402. The first-order valence-corrected chi connectivity index (χ1v) is 6.84. The molecule has 0 fully saturated rings. The Labute approximate surface area is 111 Å². The molecule has 1 atom stereocenters. The highest BCUT2D eigenvalue weighted by molar-refractivity contribution is 9.10. The summed E-state index contributed by atoms with van der Waals surface area (Å²) < 4.78 is 3.44. The lowest BCUT2D eigenvalue weighted by Crippen LogP contribution is -2.08. The second-order valence-corrected chi connectivity index (χ2v) is 5.80. The molecule has 1 unspecified atom stereocenters. The summed E-state index contributed by atoms with van der Waals surface area (Å²) in [5, 5.41) is 1.32. The minimum absolute atomic E-state index is 0.402. The highest BCUT2D eigenvalue weighted by atomic mass is 79.9. The highest BCUT2D eigenvalue weighted by Crippen LogP contribution is 2.31. The number of nitrogens with two attached hydrogens (primary N) is 1. The third kappa shape index (κ3) is 2.26. The van der Waals surface area contributed by atoms with E-state index >= 15 is 0 Å². The number of benzene rings is 1. The number of halogens is 1. The van der Waals surface area contributed by atoms with E-state index in [0.717, 1.165) is 4.47 Å². The number of fused-ring (bicyclic) bond motifs is 1. The first-order chi connectivity index (χ1) is 8.04. The van der Waals surface area contributed by atoms with Crippen LogP contribution in [0.5, 0.6) is 0 Å². The van der Waals surface area contributed by atoms with Crippen LogP contribution in [0.2, 0.25) is 0 Å². The highest BCUT2D eigenvalue weighted by Gasteiger charge is 2.14. The minimum Gasteiger partial charge on any atom is -0.345 e. The van der Waals surface area contributed by atoms with Gasteiger partial charge in [0, 0.05) is 27.6 Å². The fourth-order valence-electron chi connectivity index (χ4n) is 2.20. The molecule has 3 heteroatoms. The fourth-order valence-corrected chi connectivity index (χ4v) is 2.55. The van der Waals surface area contributed by atoms with E-state index < -0.39 is 0 Å². The van der Waals surface area contributed by atoms with E-state index in [1.54, 1.807) is 0 Å². The summed E-state index contributed by atoms with van der Waals surface area (Å²) in [4.78, 5) is 0. The van der Waals surface area contributed by atoms with Gasteiger partial charge < -0.3 is 10.3 Å². The normalized spacial score (nSPS) is 13.5. The van der Waals surface area contributed by atoms with Crippen LogP contribution in [0.25, 0.3) is 10.9 Å². The summed E-state index contributed by atoms with van der Waals surface area (Å²) in [5.74, 6) is 0.402. The first kappa shape index (κ1) is 12.7. The van der Waals surface area contributed by atoms with E-state index in [0.29, 0.717) is 18.5 Å². The maximum absolute atomic E-state index is 5.79. The monoisotopic (exact) mass is 294 g/mol. The van der Waals surface area contributed by atoms with E-state index in [1.165, 1.54) is 16.5 Å². The number of hydrogen-bond acceptors (Lipinski definition) is 1. The first-order valence-electron chi connectivity index (χ1n) is 6.04. The van der Waals surface area contributed by atoms with E-state index in [-0.39, 0.29) is 0 Å². The van der Waals surface area contributed by atoms with E-state index in [4.69, 9.17) is 5.73 Å². The maximum Gasteiger partial charge on any atom is 0.0496 e. The van der Waals surface area contributed by atoms with Crippen LogP contribution in [0, 0.1) is 0 Å². The Morgan fingerprint density at radius 2 is 2.00 bits per heavy atom. The van der Waals surface area contributed by atoms with Crippen LogP contribution in [-0.2, 0) is 0 Å². The maximum atomic E-state index is 5.79. The fraction of sp³-hybridized carbons (Fsp3) is 0.429. The van der Waals surface area contributed by atoms with Crippen molar-refractivity contribution in [1.29, 1.82) is 0 Å². The summed E-state index contributed by atoms with van der Waals surface area (Å²) in [6.07, 6.45) is 2.25. The molecule has 1 aromatic carbocycles. The largest absolute Gasteiger partial charge is 0.345 e. The van der Waals surface area contributed by atoms with Crippen molar-refractivity contribution >= 4 is 26.8 Å². The number of nitrogens with zero attached hydrogens (tertiary/aromatic N) is 1. The molecular weight excluding hydrogens is 276 g/mol. The Kier molecular flexibility index (Phi) is 3.59. The van der Waals surface area contributed by atoms with Gasteiger partial charge in [-0.25, -0.2) is 0 Å². The van der Waals surface area contributed by atoms with Gasteiger partial charge in [0.1, 0.15) is 0 Å². The lowest BCUT2D eigenvalue weighted by molar-refractivity contribution is 0.618. The zero-order valence-electron chi connectivity index (χ0n) is 10.6. The van der Waals surface area contributed by atoms with Crippen molar-refractivity contribution in [1.82, 2.24) is 4.57 Å². The van der Waals surface area contributed by atoms with Gasteiger partial charge in [0.2, 0.25) is 0 Å². The number of aromatic nitrogens is 1. The molecule has 0 amide bonds. The second kappa shape index (κ2) is 4.83. The average molecular weight is 295 g/mol. The summed E-state index contributed by atoms with van der Waals surface area (Å²) in [6.45, 7) is 7.28. The van der Waals surface area contributed by atoms with E-state index in [1.807, 2.05) is 0 Å². The molecule has 0 aliphatic heterocycles. The van der Waals surface area contributed by atoms with Crippen molar-refractivity contribution in [2.75, 3.05) is 6.54 Å². The molecule has 0 aliphatic carbocycles. The molecule has 2 aromatic rings. The third-order valence-corrected chi connectivity index (χ3v) is 3.76. The van der Waals surface area contributed by atoms with Crippen LogP contribution >= 0.6 is 15.9 Å². The molecule has 1 heterocycles. The molecule has 17 heavy (non-hydrogen) atoms. The molecule has 0 spiro atoms. The lowest BCUT2D eigenvalue weighted by Gasteiger charge is -2.09. The molecular formula is C14H19BrN2. The van der Waals surface area contributed by atoms with Gasteiger partial charge >= 0.3 is 0 Å². The van der Waals surface area contributed by atoms with Gasteiger partial charge in [-0.1, -0.05) is 28.9 Å². The van der Waals surface area contributed by atoms with Gasteiger partial charge in [-0.2, -0.15) is 0 Å². The van der Waals surface area contributed by atoms with Gasteiger partial charge in [0.05, 0.1) is 0 Å². The predicted molar refractivity (Wildman–Crippen MR) is 77.5 cm³/mol. The SMILES string of the molecule is CC(CN)c1cn(C(C)C)c2cc(Br)ccc12. The quantitative estimate of drug-likeness (QED) is 0.910. The van der Waals surface area contributed by atoms with Crippen LogP contribution in [0.4, 0.5) is 0 Å². The van der Waals surface area contributed by atoms with Crippen molar-refractivity contribution in [3.8, 4) is 0 Å². The Balaban J connectivity index is 2.70. The molecule has 0 saturated heterocycles. The molecule has 0 aliphatic rings. The van der Waals surface area contributed by atoms with Crippen molar-refractivity contribution in [3.63, 3.8) is 0 Å². The standard InChI is InChI=1S/C14H19BrN2/c1-9(2)17-8-13(10(3)7-16)12-5-4-11(15)6-14(12)17/h4-6,8-10H,7,16H2,1-3H3. The smallest absolute Gasteiger partial charge is 0.0496 e. The number of hydrogen-bond donors (Lipinski definition) is 1. The van der Waals surface area contributed by atoms with Gasteiger partial charge in [0.15, 0.2) is 0 Å². The average Bonchev–Trinajstić information content (AvgIpc) is 2.66. The number of rotatable bonds is 3. The Morgan fingerprint density at radius 3 is 2.59 bits per heavy atom. The molecule has 2 N–H and O–H groups in total.